The molecular formula is C18H20N4O3S3. The number of amides is 2. The number of nitrogens with zero attached hydrogens (tertiary/aromatic N) is 3. The van der Waals surface area contributed by atoms with Crippen molar-refractivity contribution in [2.45, 2.75) is 33.1 Å². The van der Waals surface area contributed by atoms with Crippen molar-refractivity contribution in [1.29, 1.82) is 0 Å². The van der Waals surface area contributed by atoms with Gasteiger partial charge in [0.1, 0.15) is 15.1 Å². The molecule has 148 valence electrons. The fraction of sp³-hybridized carbons (Fsp3) is 0.389. The number of hydrogen-bond donors (Lipinski definition) is 1. The lowest BCUT2D eigenvalue weighted by Gasteiger charge is -2.13. The van der Waals surface area contributed by atoms with Gasteiger partial charge >= 0.3 is 0 Å². The van der Waals surface area contributed by atoms with Gasteiger partial charge in [0.25, 0.3) is 5.91 Å². The van der Waals surface area contributed by atoms with Crippen molar-refractivity contribution in [3.05, 3.63) is 34.1 Å². The molecule has 0 radical (unpaired) electrons. The molecule has 0 bridgehead atoms. The number of carbonyl (C=O) groups excluding carboxylic acids is 2. The lowest BCUT2D eigenvalue weighted by atomic mass is 10.1. The number of thioether (sulfide) groups is 1. The van der Waals surface area contributed by atoms with Gasteiger partial charge in [0.15, 0.2) is 0 Å². The quantitative estimate of drug-likeness (QED) is 0.495. The summed E-state index contributed by atoms with van der Waals surface area (Å²) in [5.41, 5.74) is 0. The lowest BCUT2D eigenvalue weighted by Crippen LogP contribution is -2.29. The zero-order valence-corrected chi connectivity index (χ0v) is 18.0. The molecule has 7 nitrogen and oxygen atoms in total. The molecule has 0 spiro atoms. The second kappa shape index (κ2) is 9.44. The van der Waals surface area contributed by atoms with Crippen LogP contribution in [0.5, 0.6) is 0 Å². The van der Waals surface area contributed by atoms with Crippen molar-refractivity contribution in [3.8, 4) is 0 Å². The molecule has 28 heavy (non-hydrogen) atoms. The first-order valence-corrected chi connectivity index (χ1v) is 10.9. The number of nitrogens with one attached hydrogen (secondary N) is 1. The van der Waals surface area contributed by atoms with Crippen molar-refractivity contribution in [2.75, 3.05) is 11.9 Å². The van der Waals surface area contributed by atoms with Crippen LogP contribution in [0.1, 0.15) is 37.5 Å². The van der Waals surface area contributed by atoms with E-state index in [0.29, 0.717) is 39.0 Å². The summed E-state index contributed by atoms with van der Waals surface area (Å²) < 4.78 is 5.73. The molecule has 2 amide bonds. The molecule has 1 fully saturated rings. The Morgan fingerprint density at radius 1 is 1.43 bits per heavy atom. The van der Waals surface area contributed by atoms with Crippen LogP contribution < -0.4 is 5.32 Å². The van der Waals surface area contributed by atoms with Gasteiger partial charge in [-0.25, -0.2) is 0 Å². The Balaban J connectivity index is 1.46. The van der Waals surface area contributed by atoms with Gasteiger partial charge in [-0.1, -0.05) is 49.2 Å². The molecule has 0 unspecified atom stereocenters. The summed E-state index contributed by atoms with van der Waals surface area (Å²) in [4.78, 5) is 26.7. The Bertz CT molecular complexity index is 890. The van der Waals surface area contributed by atoms with E-state index in [1.807, 2.05) is 0 Å². The standard InChI is InChI=1S/C18H20N4O3S3/c1-11(2)9-15-20-21-17(28-15)19-14(23)6-3-7-22-16(24)13(27-18(22)26)10-12-5-4-8-25-12/h4-5,8,10-11H,3,6-7,9H2,1-2H3,(H,19,21,23)/b13-10+. The van der Waals surface area contributed by atoms with Gasteiger partial charge in [0.2, 0.25) is 11.0 Å². The monoisotopic (exact) mass is 436 g/mol. The summed E-state index contributed by atoms with van der Waals surface area (Å²) in [6.45, 7) is 4.61. The summed E-state index contributed by atoms with van der Waals surface area (Å²) in [7, 11) is 0. The highest BCUT2D eigenvalue weighted by atomic mass is 32.2. The third-order valence-electron chi connectivity index (χ3n) is 3.77. The highest BCUT2D eigenvalue weighted by molar-refractivity contribution is 8.26. The molecule has 1 N–H and O–H groups in total. The zero-order chi connectivity index (χ0) is 20.1. The summed E-state index contributed by atoms with van der Waals surface area (Å²) >= 11 is 7.92. The molecule has 2 aromatic rings. The van der Waals surface area contributed by atoms with Gasteiger partial charge in [0.05, 0.1) is 11.2 Å². The van der Waals surface area contributed by atoms with Crippen LogP contribution in [0, 0.1) is 5.92 Å². The van der Waals surface area contributed by atoms with Crippen molar-refractivity contribution >= 4 is 62.7 Å². The van der Waals surface area contributed by atoms with E-state index in [-0.39, 0.29) is 18.2 Å². The van der Waals surface area contributed by atoms with Crippen LogP contribution >= 0.6 is 35.3 Å². The number of carbonyl (C=O) groups is 2. The van der Waals surface area contributed by atoms with Crippen LogP contribution in [0.2, 0.25) is 0 Å². The maximum atomic E-state index is 12.5. The molecule has 2 aromatic heterocycles. The molecule has 0 aromatic carbocycles. The molecule has 1 aliphatic heterocycles. The van der Waals surface area contributed by atoms with Crippen molar-refractivity contribution in [1.82, 2.24) is 15.1 Å². The first-order chi connectivity index (χ1) is 13.4. The fourth-order valence-electron chi connectivity index (χ4n) is 2.51. The highest BCUT2D eigenvalue weighted by Gasteiger charge is 2.31. The lowest BCUT2D eigenvalue weighted by molar-refractivity contribution is -0.122. The van der Waals surface area contributed by atoms with Crippen LogP contribution in [-0.2, 0) is 16.0 Å². The maximum absolute atomic E-state index is 12.5. The minimum Gasteiger partial charge on any atom is -0.465 e. The van der Waals surface area contributed by atoms with E-state index in [2.05, 4.69) is 29.4 Å². The number of furan rings is 1. The topological polar surface area (TPSA) is 88.3 Å². The van der Waals surface area contributed by atoms with Gasteiger partial charge in [-0.05, 0) is 24.5 Å². The number of hydrogen-bond acceptors (Lipinski definition) is 8. The third kappa shape index (κ3) is 5.49. The van der Waals surface area contributed by atoms with E-state index in [9.17, 15) is 9.59 Å². The van der Waals surface area contributed by atoms with Crippen molar-refractivity contribution in [3.63, 3.8) is 0 Å². The van der Waals surface area contributed by atoms with Gasteiger partial charge in [-0.2, -0.15) is 0 Å². The molecule has 3 heterocycles. The zero-order valence-electron chi connectivity index (χ0n) is 15.5. The second-order valence-electron chi connectivity index (χ2n) is 6.60. The summed E-state index contributed by atoms with van der Waals surface area (Å²) in [6.07, 6.45) is 4.84. The molecular weight excluding hydrogens is 416 g/mol. The molecule has 3 rings (SSSR count). The first-order valence-electron chi connectivity index (χ1n) is 8.83. The van der Waals surface area contributed by atoms with Gasteiger partial charge in [-0.3, -0.25) is 14.5 Å². The van der Waals surface area contributed by atoms with Crippen LogP contribution in [0.3, 0.4) is 0 Å². The normalized spacial score (nSPS) is 15.8. The maximum Gasteiger partial charge on any atom is 0.266 e. The minimum absolute atomic E-state index is 0.149. The number of aromatic nitrogens is 2. The SMILES string of the molecule is CC(C)Cc1nnc(NC(=O)CCCN2C(=O)/C(=C\c3ccco3)SC2=S)s1. The summed E-state index contributed by atoms with van der Waals surface area (Å²) in [5.74, 6) is 0.787. The third-order valence-corrected chi connectivity index (χ3v) is 6.01. The largest absolute Gasteiger partial charge is 0.465 e. The number of anilines is 1. The highest BCUT2D eigenvalue weighted by Crippen LogP contribution is 2.32. The Hall–Kier alpha value is -2.04. The fourth-order valence-corrected chi connectivity index (χ4v) is 4.77. The second-order valence-corrected chi connectivity index (χ2v) is 9.34. The van der Waals surface area contributed by atoms with E-state index in [0.717, 1.165) is 11.4 Å². The smallest absolute Gasteiger partial charge is 0.266 e. The predicted octanol–water partition coefficient (Wildman–Crippen LogP) is 3.95. The van der Waals surface area contributed by atoms with E-state index < -0.39 is 0 Å². The molecule has 10 heteroatoms. The molecule has 0 saturated carbocycles. The Kier molecular flexibility index (Phi) is 6.97. The van der Waals surface area contributed by atoms with Crippen molar-refractivity contribution < 1.29 is 14.0 Å². The number of thiocarbonyl (C=S) groups is 1. The van der Waals surface area contributed by atoms with Crippen LogP contribution in [0.25, 0.3) is 6.08 Å². The van der Waals surface area contributed by atoms with E-state index in [1.54, 1.807) is 24.5 Å². The molecule has 1 saturated heterocycles. The van der Waals surface area contributed by atoms with Gasteiger partial charge in [0, 0.05) is 25.5 Å². The van der Waals surface area contributed by atoms with E-state index in [1.165, 1.54) is 28.0 Å². The van der Waals surface area contributed by atoms with Gasteiger partial charge in [-0.15, -0.1) is 10.2 Å². The Morgan fingerprint density at radius 2 is 2.25 bits per heavy atom. The molecule has 1 aliphatic rings. The Labute approximate surface area is 176 Å². The Morgan fingerprint density at radius 3 is 2.96 bits per heavy atom. The van der Waals surface area contributed by atoms with E-state index >= 15 is 0 Å². The van der Waals surface area contributed by atoms with Gasteiger partial charge < -0.3 is 9.73 Å². The van der Waals surface area contributed by atoms with Crippen molar-refractivity contribution in [2.24, 2.45) is 5.92 Å². The van der Waals surface area contributed by atoms with Crippen LogP contribution in [0.15, 0.2) is 27.7 Å². The number of rotatable bonds is 8. The first kappa shape index (κ1) is 20.7. The average Bonchev–Trinajstić information content (AvgIpc) is 3.33. The minimum atomic E-state index is -0.158. The molecule has 0 aliphatic carbocycles. The summed E-state index contributed by atoms with van der Waals surface area (Å²) in [6, 6.07) is 3.53. The molecule has 0 atom stereocenters. The average molecular weight is 437 g/mol. The predicted molar refractivity (Wildman–Crippen MR) is 115 cm³/mol. The van der Waals surface area contributed by atoms with Crippen LogP contribution in [-0.4, -0.2) is 37.8 Å². The summed E-state index contributed by atoms with van der Waals surface area (Å²) in [5, 5.41) is 12.3. The van der Waals surface area contributed by atoms with E-state index in [4.69, 9.17) is 16.6 Å². The van der Waals surface area contributed by atoms with Crippen LogP contribution in [0.4, 0.5) is 5.13 Å².